The fourth-order valence-electron chi connectivity index (χ4n) is 3.75. The summed E-state index contributed by atoms with van der Waals surface area (Å²) in [5.41, 5.74) is 0. The Morgan fingerprint density at radius 3 is 2.52 bits per heavy atom. The number of hydrogen-bond acceptors (Lipinski definition) is 7. The summed E-state index contributed by atoms with van der Waals surface area (Å²) in [7, 11) is -4.70. The minimum Gasteiger partial charge on any atom is -0.350 e. The topological polar surface area (TPSA) is 165 Å². The van der Waals surface area contributed by atoms with E-state index in [9.17, 15) is 31.2 Å². The fraction of sp³-hybridized carbons (Fsp3) is 0.812. The number of likely N-dealkylation sites (tertiary alicyclic amines) is 2. The maximum absolute atomic E-state index is 12.4. The van der Waals surface area contributed by atoms with Crippen LogP contribution in [0.15, 0.2) is 0 Å². The molecule has 3 heterocycles. The molecule has 0 aliphatic carbocycles. The van der Waals surface area contributed by atoms with Crippen molar-refractivity contribution in [2.45, 2.75) is 36.6 Å². The van der Waals surface area contributed by atoms with Crippen molar-refractivity contribution in [3.8, 4) is 0 Å². The van der Waals surface area contributed by atoms with Crippen molar-refractivity contribution in [3.63, 3.8) is 0 Å². The van der Waals surface area contributed by atoms with Gasteiger partial charge in [0, 0.05) is 46.7 Å². The molecule has 3 saturated heterocycles. The molecule has 0 aromatic heterocycles. The average molecular weight is 481 g/mol. The highest BCUT2D eigenvalue weighted by Crippen LogP contribution is 2.22. The number of hydrogen-bond donors (Lipinski definition) is 3. The molecule has 0 aromatic carbocycles. The molecule has 31 heavy (non-hydrogen) atoms. The van der Waals surface area contributed by atoms with Gasteiger partial charge in [0.25, 0.3) is 10.2 Å². The van der Waals surface area contributed by atoms with E-state index in [-0.39, 0.29) is 51.0 Å². The molecule has 15 heteroatoms. The van der Waals surface area contributed by atoms with E-state index in [2.05, 4.69) is 14.8 Å². The molecule has 3 amide bonds. The number of carbonyl (C=O) groups excluding carboxylic acids is 3. The first kappa shape index (κ1) is 23.8. The SMILES string of the molecule is CN(C)S(=O)(=O)NCC(=O)N1CC(N2CC(NC(=O)C3CCCNS3(=O)=O)CC2=O)C1. The molecular weight excluding hydrogens is 452 g/mol. The van der Waals surface area contributed by atoms with Gasteiger partial charge >= 0.3 is 0 Å². The lowest BCUT2D eigenvalue weighted by atomic mass is 10.1. The molecule has 3 fully saturated rings. The van der Waals surface area contributed by atoms with Crippen LogP contribution >= 0.6 is 0 Å². The van der Waals surface area contributed by atoms with Gasteiger partial charge in [0.1, 0.15) is 0 Å². The Morgan fingerprint density at radius 1 is 1.23 bits per heavy atom. The number of rotatable bonds is 7. The van der Waals surface area contributed by atoms with Crippen LogP contribution in [-0.4, -0.2) is 113 Å². The van der Waals surface area contributed by atoms with Gasteiger partial charge in [-0.15, -0.1) is 0 Å². The van der Waals surface area contributed by atoms with Gasteiger partial charge in [-0.1, -0.05) is 0 Å². The Bertz CT molecular complexity index is 946. The number of nitrogens with zero attached hydrogens (tertiary/aromatic N) is 3. The van der Waals surface area contributed by atoms with Gasteiger partial charge in [-0.3, -0.25) is 14.4 Å². The van der Waals surface area contributed by atoms with E-state index in [1.54, 1.807) is 4.90 Å². The van der Waals surface area contributed by atoms with Gasteiger partial charge < -0.3 is 15.1 Å². The van der Waals surface area contributed by atoms with Crippen molar-refractivity contribution in [2.24, 2.45) is 0 Å². The summed E-state index contributed by atoms with van der Waals surface area (Å²) < 4.78 is 52.9. The van der Waals surface area contributed by atoms with E-state index < -0.39 is 43.3 Å². The molecule has 0 saturated carbocycles. The second kappa shape index (κ2) is 8.97. The third-order valence-electron chi connectivity index (χ3n) is 5.66. The van der Waals surface area contributed by atoms with E-state index in [0.29, 0.717) is 13.0 Å². The Labute approximate surface area is 181 Å². The Kier molecular flexibility index (Phi) is 6.90. The van der Waals surface area contributed by atoms with Gasteiger partial charge in [0.2, 0.25) is 27.7 Å². The number of carbonyl (C=O) groups is 3. The molecule has 0 radical (unpaired) electrons. The zero-order chi connectivity index (χ0) is 23.0. The van der Waals surface area contributed by atoms with Crippen LogP contribution in [0.25, 0.3) is 0 Å². The van der Waals surface area contributed by atoms with Crippen LogP contribution in [0.5, 0.6) is 0 Å². The lowest BCUT2D eigenvalue weighted by molar-refractivity contribution is -0.143. The summed E-state index contributed by atoms with van der Waals surface area (Å²) in [6.45, 7) is 0.732. The summed E-state index contributed by atoms with van der Waals surface area (Å²) in [6.07, 6.45) is 0.880. The van der Waals surface area contributed by atoms with E-state index in [0.717, 1.165) is 4.31 Å². The van der Waals surface area contributed by atoms with Gasteiger partial charge in [0.15, 0.2) is 5.25 Å². The smallest absolute Gasteiger partial charge is 0.279 e. The number of nitrogens with one attached hydrogen (secondary N) is 3. The van der Waals surface area contributed by atoms with Gasteiger partial charge in [-0.2, -0.15) is 17.4 Å². The zero-order valence-electron chi connectivity index (χ0n) is 17.4. The van der Waals surface area contributed by atoms with Gasteiger partial charge in [-0.25, -0.2) is 13.1 Å². The number of amides is 3. The van der Waals surface area contributed by atoms with Crippen molar-refractivity contribution in [1.29, 1.82) is 0 Å². The van der Waals surface area contributed by atoms with Crippen molar-refractivity contribution < 1.29 is 31.2 Å². The zero-order valence-corrected chi connectivity index (χ0v) is 19.0. The summed E-state index contributed by atoms with van der Waals surface area (Å²) in [4.78, 5) is 39.9. The highest BCUT2D eigenvalue weighted by atomic mass is 32.2. The average Bonchev–Trinajstić information content (AvgIpc) is 2.98. The standard InChI is InChI=1S/C16H28N6O7S2/c1-20(2)31(28,29)18-7-15(24)21-9-12(10-21)22-8-11(6-14(22)23)19-16(25)13-4-3-5-17-30(13,26)27/h11-13,17-18H,3-10H2,1-2H3,(H,19,25). The Morgan fingerprint density at radius 2 is 1.90 bits per heavy atom. The van der Waals surface area contributed by atoms with Crippen LogP contribution in [0.2, 0.25) is 0 Å². The van der Waals surface area contributed by atoms with E-state index >= 15 is 0 Å². The molecule has 13 nitrogen and oxygen atoms in total. The molecule has 2 unspecified atom stereocenters. The molecule has 0 aromatic rings. The molecule has 3 aliphatic rings. The third-order valence-corrected chi connectivity index (χ3v) is 8.94. The first-order chi connectivity index (χ1) is 14.4. The first-order valence-electron chi connectivity index (χ1n) is 9.94. The highest BCUT2D eigenvalue weighted by Gasteiger charge is 2.43. The summed E-state index contributed by atoms with van der Waals surface area (Å²) in [6, 6.07) is -0.710. The van der Waals surface area contributed by atoms with Crippen LogP contribution in [0.3, 0.4) is 0 Å². The molecule has 3 rings (SSSR count). The minimum absolute atomic E-state index is 0.0685. The largest absolute Gasteiger partial charge is 0.350 e. The predicted octanol–water partition coefficient (Wildman–Crippen LogP) is -3.61. The molecule has 0 bridgehead atoms. The normalized spacial score (nSPS) is 26.7. The molecular formula is C16H28N6O7S2. The Hall–Kier alpha value is -1.81. The highest BCUT2D eigenvalue weighted by molar-refractivity contribution is 7.90. The maximum Gasteiger partial charge on any atom is 0.279 e. The lowest BCUT2D eigenvalue weighted by Gasteiger charge is -2.44. The Balaban J connectivity index is 1.46. The van der Waals surface area contributed by atoms with Crippen molar-refractivity contribution in [1.82, 2.24) is 28.9 Å². The van der Waals surface area contributed by atoms with Crippen molar-refractivity contribution in [3.05, 3.63) is 0 Å². The van der Waals surface area contributed by atoms with Crippen LogP contribution in [0.1, 0.15) is 19.3 Å². The molecule has 3 N–H and O–H groups in total. The summed E-state index contributed by atoms with van der Waals surface area (Å²) in [5.74, 6) is -1.18. The molecule has 176 valence electrons. The maximum atomic E-state index is 12.4. The van der Waals surface area contributed by atoms with E-state index in [1.165, 1.54) is 19.0 Å². The summed E-state index contributed by atoms with van der Waals surface area (Å²) in [5, 5.41) is 1.51. The number of sulfonamides is 1. The van der Waals surface area contributed by atoms with Gasteiger partial charge in [0.05, 0.1) is 18.6 Å². The summed E-state index contributed by atoms with van der Waals surface area (Å²) >= 11 is 0. The first-order valence-corrected chi connectivity index (χ1v) is 12.9. The van der Waals surface area contributed by atoms with Crippen LogP contribution in [-0.2, 0) is 34.6 Å². The molecule has 0 spiro atoms. The second-order valence-electron chi connectivity index (χ2n) is 8.09. The minimum atomic E-state index is -3.70. The fourth-order valence-corrected chi connectivity index (χ4v) is 5.78. The van der Waals surface area contributed by atoms with Crippen LogP contribution in [0, 0.1) is 0 Å². The van der Waals surface area contributed by atoms with Crippen molar-refractivity contribution >= 4 is 38.0 Å². The van der Waals surface area contributed by atoms with Crippen LogP contribution in [0.4, 0.5) is 0 Å². The lowest BCUT2D eigenvalue weighted by Crippen LogP contribution is -2.63. The molecule has 2 atom stereocenters. The van der Waals surface area contributed by atoms with Crippen LogP contribution < -0.4 is 14.8 Å². The van der Waals surface area contributed by atoms with Gasteiger partial charge in [-0.05, 0) is 12.8 Å². The van der Waals surface area contributed by atoms with E-state index in [1.807, 2.05) is 0 Å². The quantitative estimate of drug-likeness (QED) is 0.338. The van der Waals surface area contributed by atoms with E-state index in [4.69, 9.17) is 0 Å². The third kappa shape index (κ3) is 5.34. The monoisotopic (exact) mass is 480 g/mol. The van der Waals surface area contributed by atoms with Crippen molar-refractivity contribution in [2.75, 3.05) is 46.8 Å². The predicted molar refractivity (Wildman–Crippen MR) is 109 cm³/mol. The second-order valence-corrected chi connectivity index (χ2v) is 12.0. The molecule has 3 aliphatic heterocycles.